The minimum Gasteiger partial charge on any atom is -0.311 e. The number of thiophene rings is 1. The third kappa shape index (κ3) is 2.62. The molecule has 116 valence electrons. The fourth-order valence-electron chi connectivity index (χ4n) is 2.85. The predicted octanol–water partition coefficient (Wildman–Crippen LogP) is 3.76. The van der Waals surface area contributed by atoms with Gasteiger partial charge in [0.1, 0.15) is 11.4 Å². The maximum absolute atomic E-state index is 12.9. The summed E-state index contributed by atoms with van der Waals surface area (Å²) in [5.41, 5.74) is 3.24. The standard InChI is InChI=1S/C17H15N3OS2/c1-11(23-16-15-13(7-9-22-15)18-10-19-16)17(21)20-8-6-12-4-2-3-5-14(12)20/h2-5,7,9-11H,6,8H2,1H3. The molecule has 0 saturated carbocycles. The highest BCUT2D eigenvalue weighted by atomic mass is 32.2. The van der Waals surface area contributed by atoms with E-state index < -0.39 is 0 Å². The third-order valence-electron chi connectivity index (χ3n) is 4.00. The smallest absolute Gasteiger partial charge is 0.240 e. The Kier molecular flexibility index (Phi) is 3.79. The number of rotatable bonds is 3. The second-order valence-electron chi connectivity index (χ2n) is 5.44. The summed E-state index contributed by atoms with van der Waals surface area (Å²) in [6.45, 7) is 2.72. The number of nitrogens with zero attached hydrogens (tertiary/aromatic N) is 3. The van der Waals surface area contributed by atoms with Gasteiger partial charge in [-0.05, 0) is 36.4 Å². The molecule has 3 heterocycles. The highest BCUT2D eigenvalue weighted by Gasteiger charge is 2.28. The Morgan fingerprint density at radius 2 is 2.17 bits per heavy atom. The van der Waals surface area contributed by atoms with Crippen LogP contribution in [0.2, 0.25) is 0 Å². The van der Waals surface area contributed by atoms with E-state index in [2.05, 4.69) is 16.0 Å². The number of fused-ring (bicyclic) bond motifs is 2. The lowest BCUT2D eigenvalue weighted by Gasteiger charge is -2.21. The second kappa shape index (κ2) is 5.94. The molecule has 1 aliphatic heterocycles. The average molecular weight is 341 g/mol. The first-order valence-electron chi connectivity index (χ1n) is 7.48. The van der Waals surface area contributed by atoms with E-state index in [9.17, 15) is 4.79 Å². The van der Waals surface area contributed by atoms with E-state index in [-0.39, 0.29) is 11.2 Å². The predicted molar refractivity (Wildman–Crippen MR) is 95.2 cm³/mol. The van der Waals surface area contributed by atoms with Crippen LogP contribution in [0, 0.1) is 0 Å². The number of benzene rings is 1. The molecule has 1 aliphatic rings. The van der Waals surface area contributed by atoms with Gasteiger partial charge in [-0.2, -0.15) is 0 Å². The third-order valence-corrected chi connectivity index (χ3v) is 6.13. The van der Waals surface area contributed by atoms with Crippen LogP contribution in [0.4, 0.5) is 5.69 Å². The van der Waals surface area contributed by atoms with Crippen LogP contribution in [0.25, 0.3) is 10.2 Å². The number of hydrogen-bond acceptors (Lipinski definition) is 5. The molecule has 0 saturated heterocycles. The maximum atomic E-state index is 12.9. The molecular formula is C17H15N3OS2. The zero-order valence-electron chi connectivity index (χ0n) is 12.6. The monoisotopic (exact) mass is 341 g/mol. The van der Waals surface area contributed by atoms with Crippen molar-refractivity contribution < 1.29 is 4.79 Å². The lowest BCUT2D eigenvalue weighted by molar-refractivity contribution is -0.117. The lowest BCUT2D eigenvalue weighted by Crippen LogP contribution is -2.35. The van der Waals surface area contributed by atoms with E-state index in [0.717, 1.165) is 33.9 Å². The summed E-state index contributed by atoms with van der Waals surface area (Å²) in [5, 5.41) is 2.71. The van der Waals surface area contributed by atoms with Crippen molar-refractivity contribution in [2.45, 2.75) is 23.6 Å². The van der Waals surface area contributed by atoms with E-state index in [1.54, 1.807) is 17.7 Å². The van der Waals surface area contributed by atoms with Gasteiger partial charge in [-0.1, -0.05) is 30.0 Å². The van der Waals surface area contributed by atoms with Crippen molar-refractivity contribution in [1.82, 2.24) is 9.97 Å². The molecule has 0 spiro atoms. The fraction of sp³-hybridized carbons (Fsp3) is 0.235. The molecule has 1 atom stereocenters. The molecule has 0 bridgehead atoms. The number of amides is 1. The molecule has 4 rings (SSSR count). The van der Waals surface area contributed by atoms with Gasteiger partial charge in [-0.25, -0.2) is 9.97 Å². The van der Waals surface area contributed by atoms with Crippen molar-refractivity contribution >= 4 is 44.9 Å². The molecule has 0 fully saturated rings. The largest absolute Gasteiger partial charge is 0.311 e. The minimum absolute atomic E-state index is 0.142. The summed E-state index contributed by atoms with van der Waals surface area (Å²) in [7, 11) is 0. The summed E-state index contributed by atoms with van der Waals surface area (Å²) in [4.78, 5) is 23.4. The molecule has 1 aromatic carbocycles. The molecular weight excluding hydrogens is 326 g/mol. The van der Waals surface area contributed by atoms with Gasteiger partial charge in [0.05, 0.1) is 15.5 Å². The summed E-state index contributed by atoms with van der Waals surface area (Å²) in [6.07, 6.45) is 2.50. The Balaban J connectivity index is 1.57. The summed E-state index contributed by atoms with van der Waals surface area (Å²) >= 11 is 3.13. The number of carbonyl (C=O) groups is 1. The van der Waals surface area contributed by atoms with E-state index in [1.165, 1.54) is 17.3 Å². The SMILES string of the molecule is CC(Sc1ncnc2ccsc12)C(=O)N1CCc2ccccc21. The van der Waals surface area contributed by atoms with Crippen molar-refractivity contribution in [3.05, 3.63) is 47.6 Å². The minimum atomic E-state index is -0.179. The highest BCUT2D eigenvalue weighted by Crippen LogP contribution is 2.34. The zero-order chi connectivity index (χ0) is 15.8. The Labute approximate surface area is 142 Å². The maximum Gasteiger partial charge on any atom is 0.240 e. The van der Waals surface area contributed by atoms with Crippen molar-refractivity contribution in [3.8, 4) is 0 Å². The van der Waals surface area contributed by atoms with Crippen LogP contribution in [0.15, 0.2) is 47.1 Å². The van der Waals surface area contributed by atoms with Crippen LogP contribution >= 0.6 is 23.1 Å². The van der Waals surface area contributed by atoms with Crippen molar-refractivity contribution in [2.24, 2.45) is 0 Å². The number of aromatic nitrogens is 2. The average Bonchev–Trinajstić information content (AvgIpc) is 3.21. The Morgan fingerprint density at radius 1 is 1.30 bits per heavy atom. The highest BCUT2D eigenvalue weighted by molar-refractivity contribution is 8.00. The van der Waals surface area contributed by atoms with E-state index >= 15 is 0 Å². The normalized spacial score (nSPS) is 14.9. The Morgan fingerprint density at radius 3 is 3.09 bits per heavy atom. The number of hydrogen-bond donors (Lipinski definition) is 0. The topological polar surface area (TPSA) is 46.1 Å². The molecule has 1 unspecified atom stereocenters. The van der Waals surface area contributed by atoms with Crippen LogP contribution in [0.5, 0.6) is 0 Å². The molecule has 1 amide bonds. The van der Waals surface area contributed by atoms with Crippen molar-refractivity contribution in [2.75, 3.05) is 11.4 Å². The Hall–Kier alpha value is -1.92. The van der Waals surface area contributed by atoms with Crippen molar-refractivity contribution in [3.63, 3.8) is 0 Å². The molecule has 23 heavy (non-hydrogen) atoms. The molecule has 4 nitrogen and oxygen atoms in total. The van der Waals surface area contributed by atoms with Gasteiger partial charge in [-0.15, -0.1) is 11.3 Å². The first-order valence-corrected chi connectivity index (χ1v) is 9.24. The van der Waals surface area contributed by atoms with Gasteiger partial charge in [0.2, 0.25) is 5.91 Å². The molecule has 3 aromatic rings. The fourth-order valence-corrected chi connectivity index (χ4v) is 4.75. The van der Waals surface area contributed by atoms with E-state index in [4.69, 9.17) is 0 Å². The van der Waals surface area contributed by atoms with Gasteiger partial charge in [0.25, 0.3) is 0 Å². The summed E-state index contributed by atoms with van der Waals surface area (Å²) < 4.78 is 1.05. The molecule has 6 heteroatoms. The molecule has 0 aliphatic carbocycles. The molecule has 0 N–H and O–H groups in total. The quantitative estimate of drug-likeness (QED) is 0.537. The summed E-state index contributed by atoms with van der Waals surface area (Å²) in [6, 6.07) is 10.1. The number of para-hydroxylation sites is 1. The van der Waals surface area contributed by atoms with E-state index in [1.807, 2.05) is 41.5 Å². The first kappa shape index (κ1) is 14.7. The number of carbonyl (C=O) groups excluding carboxylic acids is 1. The zero-order valence-corrected chi connectivity index (χ0v) is 14.2. The van der Waals surface area contributed by atoms with E-state index in [0.29, 0.717) is 0 Å². The van der Waals surface area contributed by atoms with Crippen LogP contribution in [0.1, 0.15) is 12.5 Å². The van der Waals surface area contributed by atoms with Crippen LogP contribution in [-0.2, 0) is 11.2 Å². The molecule has 0 radical (unpaired) electrons. The second-order valence-corrected chi connectivity index (χ2v) is 7.69. The van der Waals surface area contributed by atoms with Gasteiger partial charge in [0.15, 0.2) is 0 Å². The number of thioether (sulfide) groups is 1. The van der Waals surface area contributed by atoms with Crippen LogP contribution in [0.3, 0.4) is 0 Å². The Bertz CT molecular complexity index is 877. The summed E-state index contributed by atoms with van der Waals surface area (Å²) in [5.74, 6) is 0.142. The lowest BCUT2D eigenvalue weighted by atomic mass is 10.2. The van der Waals surface area contributed by atoms with Gasteiger partial charge in [-0.3, -0.25) is 4.79 Å². The first-order chi connectivity index (χ1) is 11.2. The van der Waals surface area contributed by atoms with Crippen LogP contribution in [-0.4, -0.2) is 27.7 Å². The van der Waals surface area contributed by atoms with Crippen molar-refractivity contribution in [1.29, 1.82) is 0 Å². The molecule has 2 aromatic heterocycles. The number of anilines is 1. The van der Waals surface area contributed by atoms with Crippen LogP contribution < -0.4 is 4.90 Å². The van der Waals surface area contributed by atoms with Gasteiger partial charge < -0.3 is 4.90 Å². The van der Waals surface area contributed by atoms with Gasteiger partial charge >= 0.3 is 0 Å². The van der Waals surface area contributed by atoms with Gasteiger partial charge in [0, 0.05) is 12.2 Å².